The minimum absolute atomic E-state index is 0.680. The Labute approximate surface area is 96.9 Å². The zero-order valence-electron chi connectivity index (χ0n) is 9.65. The minimum atomic E-state index is 0.680. The van der Waals surface area contributed by atoms with Crippen molar-refractivity contribution in [1.82, 2.24) is 10.3 Å². The topological polar surface area (TPSA) is 28.2 Å². The molecule has 0 radical (unpaired) electrons. The normalized spacial score (nSPS) is 24.5. The molecule has 1 N–H and O–H groups in total. The third kappa shape index (κ3) is 1.92. The lowest BCUT2D eigenvalue weighted by molar-refractivity contribution is 0.401. The maximum atomic E-state index is 4.24. The van der Waals surface area contributed by atoms with Gasteiger partial charge in [-0.25, -0.2) is 0 Å². The van der Waals surface area contributed by atoms with E-state index < -0.39 is 0 Å². The molecule has 1 fully saturated rings. The number of hydrogen-bond donors (Lipinski definition) is 1. The van der Waals surface area contributed by atoms with Crippen LogP contribution in [-0.2, 0) is 6.42 Å². The van der Waals surface area contributed by atoms with Gasteiger partial charge in [-0.05, 0) is 37.4 Å². The number of nitrogens with one attached hydrogen (secondary N) is 1. The van der Waals surface area contributed by atoms with E-state index >= 15 is 0 Å². The zero-order valence-corrected chi connectivity index (χ0v) is 9.65. The lowest BCUT2D eigenvalue weighted by Gasteiger charge is -2.29. The summed E-state index contributed by atoms with van der Waals surface area (Å²) in [4.78, 5) is 6.73. The van der Waals surface area contributed by atoms with Gasteiger partial charge in [-0.15, -0.1) is 0 Å². The maximum Gasteiger partial charge on any atom is 0.0586 e. The summed E-state index contributed by atoms with van der Waals surface area (Å²) < 4.78 is 0. The van der Waals surface area contributed by atoms with Gasteiger partial charge in [0.1, 0.15) is 0 Å². The molecular weight excluding hydrogens is 198 g/mol. The SMILES string of the molecule is c1cc2c(cn1)N(CC1CCCCN1)CC2. The van der Waals surface area contributed by atoms with Crippen molar-refractivity contribution in [2.24, 2.45) is 0 Å². The van der Waals surface area contributed by atoms with E-state index in [1.807, 2.05) is 12.4 Å². The predicted octanol–water partition coefficient (Wildman–Crippen LogP) is 1.59. The minimum Gasteiger partial charge on any atom is -0.368 e. The first kappa shape index (κ1) is 10.1. The van der Waals surface area contributed by atoms with Crippen LogP contribution < -0.4 is 10.2 Å². The highest BCUT2D eigenvalue weighted by Crippen LogP contribution is 2.27. The highest BCUT2D eigenvalue weighted by Gasteiger charge is 2.22. The van der Waals surface area contributed by atoms with Gasteiger partial charge in [0.2, 0.25) is 0 Å². The van der Waals surface area contributed by atoms with Gasteiger partial charge in [-0.2, -0.15) is 0 Å². The van der Waals surface area contributed by atoms with Gasteiger partial charge in [0.15, 0.2) is 0 Å². The van der Waals surface area contributed by atoms with Gasteiger partial charge in [0, 0.05) is 25.3 Å². The second-order valence-electron chi connectivity index (χ2n) is 4.85. The molecule has 1 aromatic rings. The molecule has 0 aromatic carbocycles. The number of anilines is 1. The van der Waals surface area contributed by atoms with Gasteiger partial charge >= 0.3 is 0 Å². The Bertz CT molecular complexity index is 358. The van der Waals surface area contributed by atoms with E-state index in [2.05, 4.69) is 21.3 Å². The third-order valence-electron chi connectivity index (χ3n) is 3.73. The van der Waals surface area contributed by atoms with E-state index in [0.29, 0.717) is 6.04 Å². The van der Waals surface area contributed by atoms with E-state index in [1.54, 1.807) is 0 Å². The average molecular weight is 217 g/mol. The summed E-state index contributed by atoms with van der Waals surface area (Å²) in [6.45, 7) is 3.51. The summed E-state index contributed by atoms with van der Waals surface area (Å²) in [5.41, 5.74) is 2.82. The summed E-state index contributed by atoms with van der Waals surface area (Å²) >= 11 is 0. The summed E-state index contributed by atoms with van der Waals surface area (Å²) in [6, 6.07) is 2.84. The lowest BCUT2D eigenvalue weighted by atomic mass is 10.0. The Morgan fingerprint density at radius 1 is 1.44 bits per heavy atom. The van der Waals surface area contributed by atoms with Crippen LogP contribution in [0.3, 0.4) is 0 Å². The molecule has 0 bridgehead atoms. The number of fused-ring (bicyclic) bond motifs is 1. The number of rotatable bonds is 2. The van der Waals surface area contributed by atoms with Crippen LogP contribution in [0.15, 0.2) is 18.5 Å². The molecule has 3 rings (SSSR count). The molecule has 1 unspecified atom stereocenters. The second kappa shape index (κ2) is 4.42. The van der Waals surface area contributed by atoms with Crippen molar-refractivity contribution in [2.75, 3.05) is 24.5 Å². The summed E-state index contributed by atoms with van der Waals surface area (Å²) in [6.07, 6.45) is 9.16. The van der Waals surface area contributed by atoms with Crippen molar-refractivity contribution >= 4 is 5.69 Å². The first-order valence-corrected chi connectivity index (χ1v) is 6.35. The van der Waals surface area contributed by atoms with Crippen LogP contribution in [0.2, 0.25) is 0 Å². The summed E-state index contributed by atoms with van der Waals surface area (Å²) in [5, 5.41) is 3.61. The first-order chi connectivity index (χ1) is 7.93. The van der Waals surface area contributed by atoms with Gasteiger partial charge in [-0.3, -0.25) is 4.98 Å². The molecule has 3 heteroatoms. The van der Waals surface area contributed by atoms with E-state index in [1.165, 1.54) is 50.0 Å². The Balaban J connectivity index is 1.68. The van der Waals surface area contributed by atoms with Gasteiger partial charge < -0.3 is 10.2 Å². The van der Waals surface area contributed by atoms with Crippen LogP contribution in [-0.4, -0.2) is 30.7 Å². The maximum absolute atomic E-state index is 4.24. The van der Waals surface area contributed by atoms with E-state index in [-0.39, 0.29) is 0 Å². The van der Waals surface area contributed by atoms with Crippen LogP contribution in [0, 0.1) is 0 Å². The molecule has 3 nitrogen and oxygen atoms in total. The average Bonchev–Trinajstić information content (AvgIpc) is 2.74. The van der Waals surface area contributed by atoms with E-state index in [4.69, 9.17) is 0 Å². The van der Waals surface area contributed by atoms with Gasteiger partial charge in [-0.1, -0.05) is 6.42 Å². The van der Waals surface area contributed by atoms with Crippen LogP contribution in [0.5, 0.6) is 0 Å². The van der Waals surface area contributed by atoms with Crippen molar-refractivity contribution in [3.05, 3.63) is 24.0 Å². The number of piperidine rings is 1. The van der Waals surface area contributed by atoms with Crippen molar-refractivity contribution < 1.29 is 0 Å². The van der Waals surface area contributed by atoms with Crippen LogP contribution in [0.4, 0.5) is 5.69 Å². The fraction of sp³-hybridized carbons (Fsp3) is 0.615. The number of pyridine rings is 1. The predicted molar refractivity (Wildman–Crippen MR) is 65.8 cm³/mol. The van der Waals surface area contributed by atoms with E-state index in [0.717, 1.165) is 6.54 Å². The fourth-order valence-corrected chi connectivity index (χ4v) is 2.82. The van der Waals surface area contributed by atoms with Crippen LogP contribution >= 0.6 is 0 Å². The van der Waals surface area contributed by atoms with Crippen molar-refractivity contribution in [1.29, 1.82) is 0 Å². The van der Waals surface area contributed by atoms with Crippen LogP contribution in [0.1, 0.15) is 24.8 Å². The van der Waals surface area contributed by atoms with Gasteiger partial charge in [0.25, 0.3) is 0 Å². The Morgan fingerprint density at radius 3 is 3.31 bits per heavy atom. The fourth-order valence-electron chi connectivity index (χ4n) is 2.82. The highest BCUT2D eigenvalue weighted by atomic mass is 15.2. The van der Waals surface area contributed by atoms with Crippen LogP contribution in [0.25, 0.3) is 0 Å². The lowest BCUT2D eigenvalue weighted by Crippen LogP contribution is -2.43. The molecule has 0 aliphatic carbocycles. The van der Waals surface area contributed by atoms with Crippen molar-refractivity contribution in [3.8, 4) is 0 Å². The molecule has 86 valence electrons. The first-order valence-electron chi connectivity index (χ1n) is 6.35. The standard InChI is InChI=1S/C13H19N3/c1-2-6-15-12(3-1)10-16-8-5-11-4-7-14-9-13(11)16/h4,7,9,12,15H,1-3,5-6,8,10H2. The number of nitrogens with zero attached hydrogens (tertiary/aromatic N) is 2. The quantitative estimate of drug-likeness (QED) is 0.815. The molecule has 1 saturated heterocycles. The second-order valence-corrected chi connectivity index (χ2v) is 4.85. The molecule has 16 heavy (non-hydrogen) atoms. The zero-order chi connectivity index (χ0) is 10.8. The largest absolute Gasteiger partial charge is 0.368 e. The highest BCUT2D eigenvalue weighted by molar-refractivity contribution is 5.56. The monoisotopic (exact) mass is 217 g/mol. The molecule has 0 amide bonds. The van der Waals surface area contributed by atoms with E-state index in [9.17, 15) is 0 Å². The number of aromatic nitrogens is 1. The Kier molecular flexibility index (Phi) is 2.79. The van der Waals surface area contributed by atoms with Crippen molar-refractivity contribution in [2.45, 2.75) is 31.7 Å². The molecule has 2 aliphatic rings. The Hall–Kier alpha value is -1.09. The van der Waals surface area contributed by atoms with Gasteiger partial charge in [0.05, 0.1) is 11.9 Å². The molecule has 2 aliphatic heterocycles. The summed E-state index contributed by atoms with van der Waals surface area (Å²) in [5.74, 6) is 0. The summed E-state index contributed by atoms with van der Waals surface area (Å²) in [7, 11) is 0. The molecule has 3 heterocycles. The molecular formula is C13H19N3. The number of hydrogen-bond acceptors (Lipinski definition) is 3. The molecule has 0 spiro atoms. The molecule has 1 aromatic heterocycles. The molecule has 0 saturated carbocycles. The van der Waals surface area contributed by atoms with Crippen molar-refractivity contribution in [3.63, 3.8) is 0 Å². The smallest absolute Gasteiger partial charge is 0.0586 e. The third-order valence-corrected chi connectivity index (χ3v) is 3.73. The molecule has 1 atom stereocenters. The Morgan fingerprint density at radius 2 is 2.44 bits per heavy atom.